The summed E-state index contributed by atoms with van der Waals surface area (Å²) in [4.78, 5) is 16.1. The van der Waals surface area contributed by atoms with Crippen molar-refractivity contribution in [3.8, 4) is 0 Å². The molecule has 90 valence electrons. The van der Waals surface area contributed by atoms with Gasteiger partial charge in [0.15, 0.2) is 0 Å². The Balaban J connectivity index is 2.04. The molecule has 0 spiro atoms. The highest BCUT2D eigenvalue weighted by molar-refractivity contribution is 5.88. The van der Waals surface area contributed by atoms with E-state index in [-0.39, 0.29) is 6.03 Å². The van der Waals surface area contributed by atoms with E-state index in [1.54, 1.807) is 10.9 Å². The summed E-state index contributed by atoms with van der Waals surface area (Å²) in [5.74, 6) is 0. The van der Waals surface area contributed by atoms with Gasteiger partial charge in [0.05, 0.1) is 11.0 Å². The summed E-state index contributed by atoms with van der Waals surface area (Å²) in [6.45, 7) is 2.87. The third-order valence-electron chi connectivity index (χ3n) is 2.73. The lowest BCUT2D eigenvalue weighted by Crippen LogP contribution is -2.28. The Hall–Kier alpha value is -1.84. The number of aromatic nitrogens is 2. The van der Waals surface area contributed by atoms with Crippen LogP contribution in [-0.2, 0) is 0 Å². The minimum absolute atomic E-state index is 0.102. The molecule has 0 aliphatic heterocycles. The molecule has 0 unspecified atom stereocenters. The molecule has 0 saturated heterocycles. The molecule has 0 fully saturated rings. The number of hydrogen-bond acceptors (Lipinski definition) is 2. The van der Waals surface area contributed by atoms with Crippen LogP contribution in [0.25, 0.3) is 11.0 Å². The van der Waals surface area contributed by atoms with E-state index in [1.807, 2.05) is 24.3 Å². The standard InChI is InChI=1S/C13H17N3O/c1-2-3-6-9-14-13(17)16-10-15-11-7-4-5-8-12(11)16/h4-5,7-8,10H,2-3,6,9H2,1H3,(H,14,17). The van der Waals surface area contributed by atoms with E-state index >= 15 is 0 Å². The van der Waals surface area contributed by atoms with Gasteiger partial charge >= 0.3 is 6.03 Å². The first-order valence-corrected chi connectivity index (χ1v) is 6.03. The Kier molecular flexibility index (Phi) is 3.75. The van der Waals surface area contributed by atoms with E-state index in [0.717, 1.165) is 36.8 Å². The number of fused-ring (bicyclic) bond motifs is 1. The molecule has 1 N–H and O–H groups in total. The van der Waals surface area contributed by atoms with Crippen molar-refractivity contribution >= 4 is 17.1 Å². The molecule has 0 bridgehead atoms. The Morgan fingerprint density at radius 2 is 2.18 bits per heavy atom. The maximum absolute atomic E-state index is 11.9. The average molecular weight is 231 g/mol. The summed E-state index contributed by atoms with van der Waals surface area (Å²) < 4.78 is 1.56. The number of unbranched alkanes of at least 4 members (excludes halogenated alkanes) is 2. The zero-order valence-corrected chi connectivity index (χ0v) is 10.0. The van der Waals surface area contributed by atoms with Gasteiger partial charge in [0, 0.05) is 6.54 Å². The number of imidazole rings is 1. The van der Waals surface area contributed by atoms with E-state index < -0.39 is 0 Å². The van der Waals surface area contributed by atoms with Crippen LogP contribution < -0.4 is 5.32 Å². The molecule has 1 amide bonds. The van der Waals surface area contributed by atoms with Gasteiger partial charge in [0.2, 0.25) is 0 Å². The highest BCUT2D eigenvalue weighted by Crippen LogP contribution is 2.10. The van der Waals surface area contributed by atoms with Crippen molar-refractivity contribution in [1.29, 1.82) is 0 Å². The minimum Gasteiger partial charge on any atom is -0.337 e. The summed E-state index contributed by atoms with van der Waals surface area (Å²) in [6, 6.07) is 7.52. The van der Waals surface area contributed by atoms with E-state index in [4.69, 9.17) is 0 Å². The Morgan fingerprint density at radius 3 is 3.00 bits per heavy atom. The lowest BCUT2D eigenvalue weighted by Gasteiger charge is -2.05. The van der Waals surface area contributed by atoms with Crippen molar-refractivity contribution < 1.29 is 4.79 Å². The lowest BCUT2D eigenvalue weighted by atomic mass is 10.2. The van der Waals surface area contributed by atoms with Gasteiger partial charge in [-0.3, -0.25) is 4.57 Å². The predicted octanol–water partition coefficient (Wildman–Crippen LogP) is 2.78. The van der Waals surface area contributed by atoms with E-state index in [0.29, 0.717) is 0 Å². The molecule has 1 aromatic heterocycles. The fourth-order valence-electron chi connectivity index (χ4n) is 1.78. The Morgan fingerprint density at radius 1 is 1.35 bits per heavy atom. The van der Waals surface area contributed by atoms with E-state index in [2.05, 4.69) is 17.2 Å². The van der Waals surface area contributed by atoms with Gasteiger partial charge in [-0.25, -0.2) is 9.78 Å². The normalized spacial score (nSPS) is 10.6. The van der Waals surface area contributed by atoms with Crippen molar-refractivity contribution in [3.05, 3.63) is 30.6 Å². The van der Waals surface area contributed by atoms with E-state index in [9.17, 15) is 4.79 Å². The quantitative estimate of drug-likeness (QED) is 0.822. The summed E-state index contributed by atoms with van der Waals surface area (Å²) >= 11 is 0. The molecule has 2 rings (SSSR count). The van der Waals surface area contributed by atoms with Gasteiger partial charge in [0.25, 0.3) is 0 Å². The summed E-state index contributed by atoms with van der Waals surface area (Å²) in [5, 5.41) is 2.90. The summed E-state index contributed by atoms with van der Waals surface area (Å²) in [6.07, 6.45) is 4.89. The maximum atomic E-state index is 11.9. The van der Waals surface area contributed by atoms with Gasteiger partial charge in [-0.1, -0.05) is 31.9 Å². The first-order chi connectivity index (χ1) is 8.33. The van der Waals surface area contributed by atoms with Crippen LogP contribution in [0.15, 0.2) is 30.6 Å². The zero-order valence-electron chi connectivity index (χ0n) is 10.0. The van der Waals surface area contributed by atoms with Crippen molar-refractivity contribution in [3.63, 3.8) is 0 Å². The van der Waals surface area contributed by atoms with Crippen LogP contribution in [0.5, 0.6) is 0 Å². The topological polar surface area (TPSA) is 46.9 Å². The second kappa shape index (κ2) is 5.48. The first kappa shape index (κ1) is 11.6. The molecule has 1 heterocycles. The third-order valence-corrected chi connectivity index (χ3v) is 2.73. The largest absolute Gasteiger partial charge is 0.337 e. The second-order valence-electron chi connectivity index (χ2n) is 4.04. The van der Waals surface area contributed by atoms with Crippen LogP contribution in [0.4, 0.5) is 4.79 Å². The third kappa shape index (κ3) is 2.64. The Bertz CT molecular complexity index is 504. The molecule has 0 aliphatic carbocycles. The van der Waals surface area contributed by atoms with Gasteiger partial charge in [0.1, 0.15) is 6.33 Å². The number of nitrogens with one attached hydrogen (secondary N) is 1. The zero-order chi connectivity index (χ0) is 12.1. The number of rotatable bonds is 4. The maximum Gasteiger partial charge on any atom is 0.327 e. The molecule has 0 atom stereocenters. The van der Waals surface area contributed by atoms with Crippen molar-refractivity contribution in [2.24, 2.45) is 0 Å². The minimum atomic E-state index is -0.102. The highest BCUT2D eigenvalue weighted by Gasteiger charge is 2.07. The molecule has 2 aromatic rings. The monoisotopic (exact) mass is 231 g/mol. The molecule has 0 radical (unpaired) electrons. The van der Waals surface area contributed by atoms with Gasteiger partial charge in [-0.05, 0) is 18.6 Å². The van der Waals surface area contributed by atoms with Crippen LogP contribution in [0.2, 0.25) is 0 Å². The number of amides is 1. The number of hydrogen-bond donors (Lipinski definition) is 1. The molecular weight excluding hydrogens is 214 g/mol. The molecule has 0 saturated carbocycles. The van der Waals surface area contributed by atoms with Crippen LogP contribution in [-0.4, -0.2) is 22.1 Å². The molecule has 1 aromatic carbocycles. The average Bonchev–Trinajstić information content (AvgIpc) is 2.78. The number of nitrogens with zero attached hydrogens (tertiary/aromatic N) is 2. The van der Waals surface area contributed by atoms with Crippen LogP contribution >= 0.6 is 0 Å². The molecule has 17 heavy (non-hydrogen) atoms. The summed E-state index contributed by atoms with van der Waals surface area (Å²) in [5.41, 5.74) is 1.69. The Labute approximate surface area is 101 Å². The lowest BCUT2D eigenvalue weighted by molar-refractivity contribution is 0.243. The van der Waals surface area contributed by atoms with Crippen LogP contribution in [0.3, 0.4) is 0 Å². The van der Waals surface area contributed by atoms with Gasteiger partial charge in [-0.15, -0.1) is 0 Å². The van der Waals surface area contributed by atoms with Crippen molar-refractivity contribution in [2.75, 3.05) is 6.54 Å². The van der Waals surface area contributed by atoms with Crippen molar-refractivity contribution in [1.82, 2.24) is 14.9 Å². The number of benzene rings is 1. The number of para-hydroxylation sites is 2. The fourth-order valence-corrected chi connectivity index (χ4v) is 1.78. The number of carbonyl (C=O) groups is 1. The van der Waals surface area contributed by atoms with Crippen LogP contribution in [0.1, 0.15) is 26.2 Å². The van der Waals surface area contributed by atoms with E-state index in [1.165, 1.54) is 0 Å². The molecule has 4 nitrogen and oxygen atoms in total. The SMILES string of the molecule is CCCCCNC(=O)n1cnc2ccccc21. The predicted molar refractivity (Wildman–Crippen MR) is 68.1 cm³/mol. The van der Waals surface area contributed by atoms with Gasteiger partial charge < -0.3 is 5.32 Å². The summed E-state index contributed by atoms with van der Waals surface area (Å²) in [7, 11) is 0. The molecular formula is C13H17N3O. The fraction of sp³-hybridized carbons (Fsp3) is 0.385. The number of carbonyl (C=O) groups excluding carboxylic acids is 1. The highest BCUT2D eigenvalue weighted by atomic mass is 16.2. The first-order valence-electron chi connectivity index (χ1n) is 6.03. The molecule has 0 aliphatic rings. The van der Waals surface area contributed by atoms with Gasteiger partial charge in [-0.2, -0.15) is 0 Å². The van der Waals surface area contributed by atoms with Crippen molar-refractivity contribution in [2.45, 2.75) is 26.2 Å². The molecule has 4 heteroatoms. The second-order valence-corrected chi connectivity index (χ2v) is 4.04. The van der Waals surface area contributed by atoms with Crippen LogP contribution in [0, 0.1) is 0 Å². The smallest absolute Gasteiger partial charge is 0.327 e.